The normalized spacial score (nSPS) is 19.8. The summed E-state index contributed by atoms with van der Waals surface area (Å²) in [6.07, 6.45) is 7.01. The molecule has 1 aliphatic heterocycles. The van der Waals surface area contributed by atoms with E-state index < -0.39 is 17.2 Å². The first-order valence-corrected chi connectivity index (χ1v) is 10.4. The number of benzene rings is 1. The summed E-state index contributed by atoms with van der Waals surface area (Å²) in [5.74, 6) is -1.32. The van der Waals surface area contributed by atoms with Crippen LogP contribution in [0.4, 0.5) is 10.1 Å². The quantitative estimate of drug-likeness (QED) is 0.644. The van der Waals surface area contributed by atoms with Crippen molar-refractivity contribution in [3.8, 4) is 0 Å². The van der Waals surface area contributed by atoms with E-state index in [2.05, 4.69) is 4.98 Å². The molecule has 162 valence electrons. The molecule has 0 spiro atoms. The third kappa shape index (κ3) is 3.20. The number of oxazole rings is 1. The molecule has 8 nitrogen and oxygen atoms in total. The Bertz CT molecular complexity index is 1230. The Kier molecular flexibility index (Phi) is 4.58. The standard InChI is InChI=1S/C22H23FN4O4/c1-11-18-14(20(28)15(22(29)30)10-27(18)13-2-3-13)8-16(23)19(11)26-6-4-12(9-26)17(24)21-25-5-7-31-21/h5,7-8,10,12-13,17H,2-4,6,9,24H2,1H3,(H,29,30). The number of halogens is 1. The smallest absolute Gasteiger partial charge is 0.341 e. The van der Waals surface area contributed by atoms with Gasteiger partial charge in [-0.3, -0.25) is 4.79 Å². The van der Waals surface area contributed by atoms with Crippen molar-refractivity contribution >= 4 is 22.6 Å². The summed E-state index contributed by atoms with van der Waals surface area (Å²) >= 11 is 0. The van der Waals surface area contributed by atoms with Crippen LogP contribution in [0.5, 0.6) is 0 Å². The summed E-state index contributed by atoms with van der Waals surface area (Å²) < 4.78 is 22.5. The van der Waals surface area contributed by atoms with Crippen LogP contribution in [-0.4, -0.2) is 33.7 Å². The monoisotopic (exact) mass is 426 g/mol. The van der Waals surface area contributed by atoms with Gasteiger partial charge in [0.05, 0.1) is 23.4 Å². The molecule has 0 amide bonds. The van der Waals surface area contributed by atoms with Crippen LogP contribution in [0.3, 0.4) is 0 Å². The maximum atomic E-state index is 15.3. The van der Waals surface area contributed by atoms with Crippen molar-refractivity contribution in [3.05, 3.63) is 57.8 Å². The van der Waals surface area contributed by atoms with Crippen LogP contribution in [0.15, 0.2) is 33.9 Å². The van der Waals surface area contributed by atoms with Crippen LogP contribution in [0.25, 0.3) is 10.9 Å². The number of carboxylic acids is 1. The van der Waals surface area contributed by atoms with Crippen LogP contribution in [0.1, 0.15) is 53.2 Å². The highest BCUT2D eigenvalue weighted by Gasteiger charge is 2.34. The van der Waals surface area contributed by atoms with Gasteiger partial charge in [-0.25, -0.2) is 14.2 Å². The minimum absolute atomic E-state index is 0.0492. The number of nitrogens with zero attached hydrogens (tertiary/aromatic N) is 3. The van der Waals surface area contributed by atoms with Crippen LogP contribution in [0.2, 0.25) is 0 Å². The summed E-state index contributed by atoms with van der Waals surface area (Å²) in [4.78, 5) is 30.4. The minimum atomic E-state index is -1.30. The van der Waals surface area contributed by atoms with Crippen LogP contribution < -0.4 is 16.1 Å². The van der Waals surface area contributed by atoms with Gasteiger partial charge in [0.2, 0.25) is 11.3 Å². The lowest BCUT2D eigenvalue weighted by Crippen LogP contribution is -2.27. The van der Waals surface area contributed by atoms with E-state index >= 15 is 4.39 Å². The average molecular weight is 426 g/mol. The number of hydrogen-bond donors (Lipinski definition) is 2. The first-order valence-electron chi connectivity index (χ1n) is 10.4. The van der Waals surface area contributed by atoms with Gasteiger partial charge in [-0.1, -0.05) is 0 Å². The zero-order valence-corrected chi connectivity index (χ0v) is 17.0. The fraction of sp³-hybridized carbons (Fsp3) is 0.409. The Morgan fingerprint density at radius 2 is 2.16 bits per heavy atom. The molecule has 2 aromatic heterocycles. The number of nitrogens with two attached hydrogens (primary N) is 1. The first-order chi connectivity index (χ1) is 14.9. The second kappa shape index (κ2) is 7.19. The Morgan fingerprint density at radius 1 is 1.39 bits per heavy atom. The Balaban J connectivity index is 1.59. The van der Waals surface area contributed by atoms with Gasteiger partial charge in [-0.2, -0.15) is 0 Å². The summed E-state index contributed by atoms with van der Waals surface area (Å²) in [6.45, 7) is 2.94. The van der Waals surface area contributed by atoms with E-state index in [1.165, 1.54) is 18.5 Å². The highest BCUT2D eigenvalue weighted by molar-refractivity contribution is 5.95. The third-order valence-electron chi connectivity index (χ3n) is 6.43. The van der Waals surface area contributed by atoms with E-state index in [0.29, 0.717) is 35.7 Å². The van der Waals surface area contributed by atoms with Crippen LogP contribution in [-0.2, 0) is 0 Å². The number of anilines is 1. The molecule has 1 saturated carbocycles. The SMILES string of the molecule is Cc1c(N2CCC(C(N)c3ncco3)C2)c(F)cc2c(=O)c(C(=O)O)cn(C3CC3)c12. The third-order valence-corrected chi connectivity index (χ3v) is 6.43. The van der Waals surface area contributed by atoms with Gasteiger partial charge in [-0.15, -0.1) is 0 Å². The fourth-order valence-corrected chi connectivity index (χ4v) is 4.74. The van der Waals surface area contributed by atoms with Crippen molar-refractivity contribution in [2.75, 3.05) is 18.0 Å². The molecule has 3 heterocycles. The molecular weight excluding hydrogens is 403 g/mol. The van der Waals surface area contributed by atoms with Crippen molar-refractivity contribution in [3.63, 3.8) is 0 Å². The van der Waals surface area contributed by atoms with Gasteiger partial charge in [0.1, 0.15) is 17.6 Å². The zero-order chi connectivity index (χ0) is 21.9. The van der Waals surface area contributed by atoms with E-state index in [1.807, 2.05) is 9.47 Å². The molecule has 0 bridgehead atoms. The molecule has 3 N–H and O–H groups in total. The maximum absolute atomic E-state index is 15.3. The highest BCUT2D eigenvalue weighted by atomic mass is 19.1. The van der Waals surface area contributed by atoms with Gasteiger partial charge in [0.25, 0.3) is 0 Å². The predicted octanol–water partition coefficient (Wildman–Crippen LogP) is 3.00. The number of fused-ring (bicyclic) bond motifs is 1. The van der Waals surface area contributed by atoms with Gasteiger partial charge in [0, 0.05) is 36.6 Å². The number of aromatic nitrogens is 2. The van der Waals surface area contributed by atoms with Crippen molar-refractivity contribution in [2.24, 2.45) is 11.7 Å². The molecule has 5 rings (SSSR count). The van der Waals surface area contributed by atoms with Crippen molar-refractivity contribution in [1.29, 1.82) is 0 Å². The van der Waals surface area contributed by atoms with Gasteiger partial charge < -0.3 is 24.7 Å². The van der Waals surface area contributed by atoms with E-state index in [9.17, 15) is 14.7 Å². The number of pyridine rings is 1. The second-order valence-corrected chi connectivity index (χ2v) is 8.43. The molecule has 2 unspecified atom stereocenters. The van der Waals surface area contributed by atoms with Crippen LogP contribution >= 0.6 is 0 Å². The largest absolute Gasteiger partial charge is 0.477 e. The van der Waals surface area contributed by atoms with E-state index in [-0.39, 0.29) is 29.0 Å². The number of carboxylic acid groups (broad SMARTS) is 1. The molecule has 2 aliphatic rings. The fourth-order valence-electron chi connectivity index (χ4n) is 4.74. The summed E-state index contributed by atoms with van der Waals surface area (Å²) in [6, 6.07) is 0.932. The highest BCUT2D eigenvalue weighted by Crippen LogP contribution is 2.41. The predicted molar refractivity (Wildman–Crippen MR) is 112 cm³/mol. The maximum Gasteiger partial charge on any atom is 0.341 e. The molecule has 0 radical (unpaired) electrons. The van der Waals surface area contributed by atoms with Crippen molar-refractivity contribution < 1.29 is 18.7 Å². The number of rotatable bonds is 5. The van der Waals surface area contributed by atoms with Crippen molar-refractivity contribution in [1.82, 2.24) is 9.55 Å². The lowest BCUT2D eigenvalue weighted by Gasteiger charge is -2.25. The van der Waals surface area contributed by atoms with Gasteiger partial charge in [-0.05, 0) is 37.8 Å². The topological polar surface area (TPSA) is 115 Å². The molecule has 31 heavy (non-hydrogen) atoms. The molecular formula is C22H23FN4O4. The van der Waals surface area contributed by atoms with Crippen LogP contribution in [0, 0.1) is 18.7 Å². The average Bonchev–Trinajstić information content (AvgIpc) is 3.22. The number of hydrogen-bond acceptors (Lipinski definition) is 6. The molecule has 9 heteroatoms. The first kappa shape index (κ1) is 19.7. The molecule has 2 atom stereocenters. The summed E-state index contributed by atoms with van der Waals surface area (Å²) in [7, 11) is 0. The lowest BCUT2D eigenvalue weighted by molar-refractivity contribution is 0.0695. The Labute approximate surface area is 177 Å². The lowest BCUT2D eigenvalue weighted by atomic mass is 10.00. The zero-order valence-electron chi connectivity index (χ0n) is 17.0. The Hall–Kier alpha value is -3.20. The number of aryl methyl sites for hydroxylation is 1. The molecule has 2 fully saturated rings. The van der Waals surface area contributed by atoms with E-state index in [0.717, 1.165) is 19.3 Å². The number of carbonyl (C=O) groups is 1. The molecule has 1 aromatic carbocycles. The van der Waals surface area contributed by atoms with Crippen molar-refractivity contribution in [2.45, 2.75) is 38.3 Å². The molecule has 3 aromatic rings. The number of aromatic carboxylic acids is 1. The minimum Gasteiger partial charge on any atom is -0.477 e. The van der Waals surface area contributed by atoms with Gasteiger partial charge in [0.15, 0.2) is 0 Å². The molecule has 1 saturated heterocycles. The van der Waals surface area contributed by atoms with E-state index in [4.69, 9.17) is 10.2 Å². The Morgan fingerprint density at radius 3 is 2.81 bits per heavy atom. The summed E-state index contributed by atoms with van der Waals surface area (Å²) in [5.41, 5.74) is 7.01. The summed E-state index contributed by atoms with van der Waals surface area (Å²) in [5, 5.41) is 9.55. The molecule has 1 aliphatic carbocycles. The van der Waals surface area contributed by atoms with Gasteiger partial charge >= 0.3 is 5.97 Å². The second-order valence-electron chi connectivity index (χ2n) is 8.43. The van der Waals surface area contributed by atoms with E-state index in [1.54, 1.807) is 13.1 Å².